The summed E-state index contributed by atoms with van der Waals surface area (Å²) in [4.78, 5) is 18.8. The molecule has 0 bridgehead atoms. The van der Waals surface area contributed by atoms with Gasteiger partial charge >= 0.3 is 0 Å². The third-order valence-corrected chi connectivity index (χ3v) is 4.01. The predicted molar refractivity (Wildman–Crippen MR) is 123 cm³/mol. The van der Waals surface area contributed by atoms with Crippen molar-refractivity contribution < 1.29 is 4.79 Å². The highest BCUT2D eigenvalue weighted by molar-refractivity contribution is 14.0. The molecule has 1 amide bonds. The third kappa shape index (κ3) is 8.06. The molecule has 0 fully saturated rings. The zero-order valence-electron chi connectivity index (χ0n) is 18.1. The van der Waals surface area contributed by atoms with Crippen LogP contribution in [0.3, 0.4) is 0 Å². The Hall–Kier alpha value is -1.32. The molecule has 1 rings (SSSR count). The number of hydrogen-bond donors (Lipinski definition) is 2. The summed E-state index contributed by atoms with van der Waals surface area (Å²) in [6.45, 7) is 13.8. The van der Waals surface area contributed by atoms with E-state index in [1.807, 2.05) is 51.4 Å². The van der Waals surface area contributed by atoms with E-state index in [1.54, 1.807) is 0 Å². The molecule has 0 spiro atoms. The lowest BCUT2D eigenvalue weighted by atomic mass is 10.1. The van der Waals surface area contributed by atoms with Crippen LogP contribution >= 0.6 is 24.0 Å². The Morgan fingerprint density at radius 2 is 1.85 bits per heavy atom. The molecule has 2 N–H and O–H groups in total. The fourth-order valence-corrected chi connectivity index (χ4v) is 2.94. The summed E-state index contributed by atoms with van der Waals surface area (Å²) in [7, 11) is 3.87. The van der Waals surface area contributed by atoms with Gasteiger partial charge in [0.25, 0.3) is 0 Å². The number of nitrogens with zero attached hydrogens (tertiary/aromatic N) is 4. The molecule has 156 valence electrons. The van der Waals surface area contributed by atoms with Gasteiger partial charge in [0.15, 0.2) is 5.96 Å². The molecule has 1 aromatic heterocycles. The number of aromatic nitrogens is 2. The first-order chi connectivity index (χ1) is 12.1. The Labute approximate surface area is 181 Å². The Morgan fingerprint density at radius 3 is 2.33 bits per heavy atom. The van der Waals surface area contributed by atoms with Crippen molar-refractivity contribution in [2.24, 2.45) is 12.0 Å². The van der Waals surface area contributed by atoms with Gasteiger partial charge in [-0.2, -0.15) is 5.10 Å². The van der Waals surface area contributed by atoms with Gasteiger partial charge in [-0.15, -0.1) is 24.0 Å². The monoisotopic (exact) mass is 492 g/mol. The van der Waals surface area contributed by atoms with Gasteiger partial charge in [-0.25, -0.2) is 4.99 Å². The summed E-state index contributed by atoms with van der Waals surface area (Å²) in [6, 6.07) is 0. The van der Waals surface area contributed by atoms with Crippen LogP contribution < -0.4 is 10.6 Å². The highest BCUT2D eigenvalue weighted by Crippen LogP contribution is 2.16. The van der Waals surface area contributed by atoms with E-state index in [2.05, 4.69) is 29.6 Å². The summed E-state index contributed by atoms with van der Waals surface area (Å²) in [5.74, 6) is 0.708. The lowest BCUT2D eigenvalue weighted by Crippen LogP contribution is -2.48. The van der Waals surface area contributed by atoms with Gasteiger partial charge in [-0.3, -0.25) is 9.48 Å². The quantitative estimate of drug-likeness (QED) is 0.349. The molecule has 7 nitrogen and oxygen atoms in total. The number of nitrogens with one attached hydrogen (secondary N) is 2. The number of carbonyl (C=O) groups is 1. The smallest absolute Gasteiger partial charge is 0.240 e. The van der Waals surface area contributed by atoms with E-state index in [-0.39, 0.29) is 42.0 Å². The van der Waals surface area contributed by atoms with Gasteiger partial charge in [0.2, 0.25) is 5.91 Å². The van der Waals surface area contributed by atoms with Crippen LogP contribution in [0.4, 0.5) is 0 Å². The number of aliphatic imine (C=N–C) groups is 1. The van der Waals surface area contributed by atoms with Crippen molar-refractivity contribution >= 4 is 35.8 Å². The Morgan fingerprint density at radius 1 is 1.22 bits per heavy atom. The van der Waals surface area contributed by atoms with Gasteiger partial charge in [0, 0.05) is 37.4 Å². The molecule has 0 saturated heterocycles. The average molecular weight is 492 g/mol. The minimum Gasteiger partial charge on any atom is -0.357 e. The number of rotatable bonds is 7. The summed E-state index contributed by atoms with van der Waals surface area (Å²) >= 11 is 0. The van der Waals surface area contributed by atoms with Crippen LogP contribution in [0.5, 0.6) is 0 Å². The van der Waals surface area contributed by atoms with E-state index in [0.29, 0.717) is 6.54 Å². The summed E-state index contributed by atoms with van der Waals surface area (Å²) in [5.41, 5.74) is 3.27. The van der Waals surface area contributed by atoms with Crippen molar-refractivity contribution in [2.45, 2.75) is 66.5 Å². The minimum atomic E-state index is -0.241. The van der Waals surface area contributed by atoms with Gasteiger partial charge < -0.3 is 15.5 Å². The fraction of sp³-hybridized carbons (Fsp3) is 0.737. The van der Waals surface area contributed by atoms with Crippen LogP contribution in [0.25, 0.3) is 0 Å². The molecule has 1 heterocycles. The highest BCUT2D eigenvalue weighted by atomic mass is 127. The van der Waals surface area contributed by atoms with E-state index < -0.39 is 0 Å². The third-order valence-electron chi connectivity index (χ3n) is 4.01. The van der Waals surface area contributed by atoms with Crippen molar-refractivity contribution in [2.75, 3.05) is 20.1 Å². The number of likely N-dealkylation sites (N-methyl/N-ethyl adjacent to an activating group) is 1. The van der Waals surface area contributed by atoms with Crippen molar-refractivity contribution in [3.05, 3.63) is 17.0 Å². The normalized spacial score (nSPS) is 11.8. The molecule has 0 saturated carbocycles. The fourth-order valence-electron chi connectivity index (χ4n) is 2.94. The van der Waals surface area contributed by atoms with Crippen LogP contribution in [0.1, 0.15) is 58.5 Å². The molecule has 0 aliphatic carbocycles. The number of aryl methyl sites for hydroxylation is 2. The lowest BCUT2D eigenvalue weighted by Gasteiger charge is -2.25. The van der Waals surface area contributed by atoms with E-state index in [0.717, 1.165) is 31.0 Å². The van der Waals surface area contributed by atoms with E-state index >= 15 is 0 Å². The van der Waals surface area contributed by atoms with Crippen molar-refractivity contribution in [3.63, 3.8) is 0 Å². The second kappa shape index (κ2) is 11.5. The Bertz CT molecular complexity index is 633. The molecular weight excluding hydrogens is 455 g/mol. The zero-order valence-corrected chi connectivity index (χ0v) is 20.5. The second-order valence-electron chi connectivity index (χ2n) is 7.53. The summed E-state index contributed by atoms with van der Waals surface area (Å²) < 4.78 is 1.96. The molecule has 0 unspecified atom stereocenters. The van der Waals surface area contributed by atoms with Crippen LogP contribution in [-0.2, 0) is 31.2 Å². The molecular formula is C19H37IN6O. The summed E-state index contributed by atoms with van der Waals surface area (Å²) in [5, 5.41) is 10.9. The average Bonchev–Trinajstić information content (AvgIpc) is 2.84. The maximum absolute atomic E-state index is 12.2. The van der Waals surface area contributed by atoms with Crippen molar-refractivity contribution in [1.29, 1.82) is 0 Å². The summed E-state index contributed by atoms with van der Waals surface area (Å²) in [6.07, 6.45) is 1.81. The first kappa shape index (κ1) is 25.7. The first-order valence-electron chi connectivity index (χ1n) is 9.46. The predicted octanol–water partition coefficient (Wildman–Crippen LogP) is 2.47. The molecule has 27 heavy (non-hydrogen) atoms. The standard InChI is InChI=1S/C19H36N6O.HI/c1-9-15-14(16(10-2)25(8)23-15)12-21-18(20-11-3)24(7)13-17(26)22-19(4,5)6;/h9-13H2,1-8H3,(H,20,21)(H,22,26);1H. The molecule has 8 heteroatoms. The first-order valence-corrected chi connectivity index (χ1v) is 9.46. The number of halogens is 1. The molecule has 0 atom stereocenters. The maximum atomic E-state index is 12.2. The zero-order chi connectivity index (χ0) is 19.9. The molecule has 0 aromatic carbocycles. The van der Waals surface area contributed by atoms with Crippen LogP contribution in [-0.4, -0.2) is 52.2 Å². The Kier molecular flexibility index (Phi) is 10.9. The van der Waals surface area contributed by atoms with Gasteiger partial charge in [0.05, 0.1) is 18.8 Å². The highest BCUT2D eigenvalue weighted by Gasteiger charge is 2.18. The molecule has 1 aromatic rings. The van der Waals surface area contributed by atoms with Crippen LogP contribution in [0.15, 0.2) is 4.99 Å². The number of guanidine groups is 1. The van der Waals surface area contributed by atoms with Gasteiger partial charge in [-0.1, -0.05) is 13.8 Å². The van der Waals surface area contributed by atoms with Gasteiger partial charge in [-0.05, 0) is 40.5 Å². The Balaban J connectivity index is 0.00000676. The van der Waals surface area contributed by atoms with E-state index in [9.17, 15) is 4.79 Å². The maximum Gasteiger partial charge on any atom is 0.240 e. The molecule has 0 aliphatic heterocycles. The minimum absolute atomic E-state index is 0. The number of hydrogen-bond acceptors (Lipinski definition) is 3. The topological polar surface area (TPSA) is 74.5 Å². The lowest BCUT2D eigenvalue weighted by molar-refractivity contribution is -0.122. The van der Waals surface area contributed by atoms with Gasteiger partial charge in [0.1, 0.15) is 0 Å². The SMILES string of the molecule is CCNC(=NCc1c(CC)nn(C)c1CC)N(C)CC(=O)NC(C)(C)C.I. The second-order valence-corrected chi connectivity index (χ2v) is 7.53. The van der Waals surface area contributed by atoms with Crippen molar-refractivity contribution in [1.82, 2.24) is 25.3 Å². The van der Waals surface area contributed by atoms with Crippen LogP contribution in [0.2, 0.25) is 0 Å². The van der Waals surface area contributed by atoms with Crippen LogP contribution in [0, 0.1) is 0 Å². The number of amides is 1. The van der Waals surface area contributed by atoms with E-state index in [1.165, 1.54) is 11.3 Å². The molecule has 0 radical (unpaired) electrons. The number of carbonyl (C=O) groups excluding carboxylic acids is 1. The largest absolute Gasteiger partial charge is 0.357 e. The molecule has 0 aliphatic rings. The van der Waals surface area contributed by atoms with Crippen molar-refractivity contribution in [3.8, 4) is 0 Å². The van der Waals surface area contributed by atoms with E-state index in [4.69, 9.17) is 4.99 Å².